The van der Waals surface area contributed by atoms with Crippen molar-refractivity contribution in [1.82, 2.24) is 0 Å². The van der Waals surface area contributed by atoms with Gasteiger partial charge in [0.1, 0.15) is 23.0 Å². The molecule has 4 nitrogen and oxygen atoms in total. The average molecular weight is 453 g/mol. The van der Waals surface area contributed by atoms with Gasteiger partial charge in [-0.15, -0.1) is 11.3 Å². The van der Waals surface area contributed by atoms with Crippen LogP contribution in [-0.2, 0) is 6.61 Å². The second kappa shape index (κ2) is 7.78. The Kier molecular flexibility index (Phi) is 5.36. The minimum Gasteiger partial charge on any atom is -0.459 e. The summed E-state index contributed by atoms with van der Waals surface area (Å²) in [6.07, 6.45) is 0. The van der Waals surface area contributed by atoms with Gasteiger partial charge in [0.2, 0.25) is 0 Å². The fourth-order valence-corrected chi connectivity index (χ4v) is 4.61. The Morgan fingerprint density at radius 1 is 1.07 bits per heavy atom. The zero-order valence-corrected chi connectivity index (χ0v) is 17.2. The number of carbonyl (C=O) groups excluding carboxylic acids is 1. The van der Waals surface area contributed by atoms with Crippen LogP contribution >= 0.6 is 46.1 Å². The number of hydrogen-bond acceptors (Lipinski definition) is 4. The number of thiophene rings is 1. The zero-order valence-electron chi connectivity index (χ0n) is 14.1. The maximum absolute atomic E-state index is 12.8. The molecule has 0 atom stereocenters. The van der Waals surface area contributed by atoms with Crippen LogP contribution in [0.1, 0.15) is 15.4 Å². The fraction of sp³-hybridized carbons (Fsp3) is 0.0500. The highest BCUT2D eigenvalue weighted by molar-refractivity contribution is 7.21. The van der Waals surface area contributed by atoms with Crippen molar-refractivity contribution < 1.29 is 14.3 Å². The van der Waals surface area contributed by atoms with E-state index in [1.54, 1.807) is 48.5 Å². The molecule has 0 bridgehead atoms. The van der Waals surface area contributed by atoms with Gasteiger partial charge in [0.25, 0.3) is 5.91 Å². The molecule has 0 unspecified atom stereocenters. The van der Waals surface area contributed by atoms with Crippen LogP contribution in [0.5, 0.6) is 0 Å². The topological polar surface area (TPSA) is 62.5 Å². The standard InChI is InChI=1S/C20H12Cl3NO3S/c21-11-2-4-13-17(8-11)28-19(18(13)23)20(26)24-15-7-10(1-5-14(15)22)16-6-3-12(9-25)27-16/h1-8,25H,9H2,(H,24,26). The van der Waals surface area contributed by atoms with E-state index in [9.17, 15) is 4.79 Å². The molecule has 0 aliphatic heterocycles. The normalized spacial score (nSPS) is 11.1. The van der Waals surface area contributed by atoms with E-state index in [0.29, 0.717) is 42.7 Å². The van der Waals surface area contributed by atoms with Crippen LogP contribution in [0.2, 0.25) is 15.1 Å². The summed E-state index contributed by atoms with van der Waals surface area (Å²) in [4.78, 5) is 13.2. The predicted molar refractivity (Wildman–Crippen MR) is 115 cm³/mol. The predicted octanol–water partition coefficient (Wildman–Crippen LogP) is 6.87. The van der Waals surface area contributed by atoms with Crippen molar-refractivity contribution in [3.8, 4) is 11.3 Å². The summed E-state index contributed by atoms with van der Waals surface area (Å²) in [7, 11) is 0. The number of halogens is 3. The Morgan fingerprint density at radius 3 is 2.64 bits per heavy atom. The molecule has 1 amide bonds. The van der Waals surface area contributed by atoms with Crippen LogP contribution in [0.25, 0.3) is 21.4 Å². The monoisotopic (exact) mass is 451 g/mol. The number of rotatable bonds is 4. The molecule has 0 saturated heterocycles. The summed E-state index contributed by atoms with van der Waals surface area (Å²) in [5.41, 5.74) is 1.14. The van der Waals surface area contributed by atoms with Gasteiger partial charge in [-0.25, -0.2) is 0 Å². The summed E-state index contributed by atoms with van der Waals surface area (Å²) >= 11 is 19.9. The molecule has 0 spiro atoms. The first-order chi connectivity index (χ1) is 13.5. The van der Waals surface area contributed by atoms with Crippen molar-refractivity contribution in [2.45, 2.75) is 6.61 Å². The van der Waals surface area contributed by atoms with Crippen LogP contribution in [-0.4, -0.2) is 11.0 Å². The average Bonchev–Trinajstić information content (AvgIpc) is 3.28. The van der Waals surface area contributed by atoms with Gasteiger partial charge in [-0.3, -0.25) is 4.79 Å². The van der Waals surface area contributed by atoms with Crippen LogP contribution in [0.15, 0.2) is 52.9 Å². The maximum atomic E-state index is 12.8. The number of benzene rings is 2. The number of aliphatic hydroxyl groups is 1. The molecule has 2 aromatic heterocycles. The molecule has 28 heavy (non-hydrogen) atoms. The van der Waals surface area contributed by atoms with Crippen molar-refractivity contribution >= 4 is 67.8 Å². The molecule has 0 fully saturated rings. The second-order valence-electron chi connectivity index (χ2n) is 5.96. The third kappa shape index (κ3) is 3.64. The Balaban J connectivity index is 1.66. The Bertz CT molecular complexity index is 1200. The summed E-state index contributed by atoms with van der Waals surface area (Å²) < 4.78 is 6.36. The third-order valence-corrected chi connectivity index (χ3v) is 6.33. The SMILES string of the molecule is O=C(Nc1cc(-c2ccc(CO)o2)ccc1Cl)c1sc2cc(Cl)ccc2c1Cl. The quantitative estimate of drug-likeness (QED) is 0.355. The Morgan fingerprint density at radius 2 is 1.89 bits per heavy atom. The highest BCUT2D eigenvalue weighted by atomic mass is 35.5. The van der Waals surface area contributed by atoms with E-state index in [4.69, 9.17) is 44.3 Å². The number of anilines is 1. The summed E-state index contributed by atoms with van der Waals surface area (Å²) in [6.45, 7) is -0.189. The zero-order chi connectivity index (χ0) is 19.8. The van der Waals surface area contributed by atoms with Crippen molar-refractivity contribution in [1.29, 1.82) is 0 Å². The van der Waals surface area contributed by atoms with Gasteiger partial charge < -0.3 is 14.8 Å². The minimum absolute atomic E-state index is 0.189. The molecular formula is C20H12Cl3NO3S. The number of furan rings is 1. The lowest BCUT2D eigenvalue weighted by Gasteiger charge is -2.08. The van der Waals surface area contributed by atoms with E-state index in [1.165, 1.54) is 11.3 Å². The van der Waals surface area contributed by atoms with Gasteiger partial charge in [0.15, 0.2) is 0 Å². The van der Waals surface area contributed by atoms with E-state index in [-0.39, 0.29) is 12.5 Å². The molecule has 0 aliphatic carbocycles. The summed E-state index contributed by atoms with van der Waals surface area (Å²) in [5, 5.41) is 14.1. The number of nitrogens with one attached hydrogen (secondary N) is 1. The first-order valence-electron chi connectivity index (χ1n) is 8.14. The smallest absolute Gasteiger partial charge is 0.267 e. The van der Waals surface area contributed by atoms with Crippen LogP contribution in [0, 0.1) is 0 Å². The van der Waals surface area contributed by atoms with Crippen LogP contribution < -0.4 is 5.32 Å². The van der Waals surface area contributed by atoms with E-state index < -0.39 is 0 Å². The number of amides is 1. The molecule has 2 N–H and O–H groups in total. The van der Waals surface area contributed by atoms with Gasteiger partial charge >= 0.3 is 0 Å². The van der Waals surface area contributed by atoms with E-state index >= 15 is 0 Å². The maximum Gasteiger partial charge on any atom is 0.267 e. The number of fused-ring (bicyclic) bond motifs is 1. The largest absolute Gasteiger partial charge is 0.459 e. The van der Waals surface area contributed by atoms with Crippen molar-refractivity contribution in [2.75, 3.05) is 5.32 Å². The van der Waals surface area contributed by atoms with Crippen LogP contribution in [0.3, 0.4) is 0 Å². The Labute approximate surface area is 179 Å². The molecule has 0 saturated carbocycles. The molecule has 8 heteroatoms. The molecule has 0 radical (unpaired) electrons. The first kappa shape index (κ1) is 19.3. The molecule has 0 aliphatic rings. The van der Waals surface area contributed by atoms with E-state index in [1.807, 2.05) is 0 Å². The van der Waals surface area contributed by atoms with E-state index in [0.717, 1.165) is 10.1 Å². The van der Waals surface area contributed by atoms with Gasteiger partial charge in [-0.1, -0.05) is 40.9 Å². The molecule has 142 valence electrons. The molecule has 4 aromatic rings. The lowest BCUT2D eigenvalue weighted by molar-refractivity contribution is 0.103. The number of carbonyl (C=O) groups is 1. The van der Waals surface area contributed by atoms with Gasteiger partial charge in [-0.05, 0) is 42.5 Å². The van der Waals surface area contributed by atoms with Crippen molar-refractivity contribution in [3.05, 3.63) is 74.2 Å². The number of aliphatic hydroxyl groups excluding tert-OH is 1. The molecular weight excluding hydrogens is 441 g/mol. The summed E-state index contributed by atoms with van der Waals surface area (Å²) in [5.74, 6) is 0.647. The Hall–Kier alpha value is -2.02. The molecule has 4 rings (SSSR count). The van der Waals surface area contributed by atoms with Gasteiger partial charge in [0.05, 0.1) is 15.7 Å². The second-order valence-corrected chi connectivity index (χ2v) is 8.23. The lowest BCUT2D eigenvalue weighted by atomic mass is 10.1. The highest BCUT2D eigenvalue weighted by Crippen LogP contribution is 2.38. The third-order valence-electron chi connectivity index (χ3n) is 4.11. The number of hydrogen-bond donors (Lipinski definition) is 2. The van der Waals surface area contributed by atoms with Gasteiger partial charge in [0, 0.05) is 20.7 Å². The molecule has 2 heterocycles. The minimum atomic E-state index is -0.364. The van der Waals surface area contributed by atoms with Crippen LogP contribution in [0.4, 0.5) is 5.69 Å². The fourth-order valence-electron chi connectivity index (χ4n) is 2.76. The first-order valence-corrected chi connectivity index (χ1v) is 10.1. The van der Waals surface area contributed by atoms with Crippen molar-refractivity contribution in [2.24, 2.45) is 0 Å². The highest BCUT2D eigenvalue weighted by Gasteiger charge is 2.19. The lowest BCUT2D eigenvalue weighted by Crippen LogP contribution is -2.11. The molecule has 2 aromatic carbocycles. The van der Waals surface area contributed by atoms with Crippen molar-refractivity contribution in [3.63, 3.8) is 0 Å². The van der Waals surface area contributed by atoms with E-state index in [2.05, 4.69) is 5.32 Å². The summed E-state index contributed by atoms with van der Waals surface area (Å²) in [6, 6.07) is 13.9. The van der Waals surface area contributed by atoms with Gasteiger partial charge in [-0.2, -0.15) is 0 Å².